The Kier molecular flexibility index (Phi) is 39.0. The van der Waals surface area contributed by atoms with Crippen molar-refractivity contribution in [2.24, 2.45) is 0 Å². The van der Waals surface area contributed by atoms with Crippen LogP contribution in [0.25, 0.3) is 0 Å². The van der Waals surface area contributed by atoms with Crippen molar-refractivity contribution >= 4 is 71.6 Å². The molecule has 0 aromatic carbocycles. The van der Waals surface area contributed by atoms with Gasteiger partial charge in [-0.25, -0.2) is 0 Å². The van der Waals surface area contributed by atoms with E-state index in [0.717, 1.165) is 0 Å². The van der Waals surface area contributed by atoms with Crippen LogP contribution in [0.4, 0.5) is 0 Å². The summed E-state index contributed by atoms with van der Waals surface area (Å²) in [7, 11) is 0. The molecule has 0 atom stereocenters. The molecule has 0 saturated carbocycles. The summed E-state index contributed by atoms with van der Waals surface area (Å²) >= 11 is 0. The number of aliphatic hydroxyl groups is 3. The predicted octanol–water partition coefficient (Wildman–Crippen LogP) is -21.3. The number of carboxylic acid groups (broad SMARTS) is 12. The minimum Gasteiger partial charge on any atom is -0.845 e. The minimum atomic E-state index is -3.22. The summed E-state index contributed by atoms with van der Waals surface area (Å²) < 4.78 is 0. The molecule has 0 aromatic rings. The molecule has 0 heterocycles. The monoisotopic (exact) mass is 1040 g/mol. The number of carbonyl (C=O) groups is 12. The molecule has 29 nitrogen and oxygen atoms in total. The molecule has 0 fully saturated rings. The van der Waals surface area contributed by atoms with Gasteiger partial charge < -0.3 is 145 Å². The summed E-state index contributed by atoms with van der Waals surface area (Å²) in [6.07, 6.45) is -11.1. The zero-order valence-electron chi connectivity index (χ0n) is 27.7. The smallest absolute Gasteiger partial charge is 0.845 e. The van der Waals surface area contributed by atoms with Crippen LogP contribution in [0, 0.1) is 0 Å². The Morgan fingerprint density at radius 1 is 0.304 bits per heavy atom. The molecule has 0 amide bonds. The largest absolute Gasteiger partial charge is 4.00 e. The Labute approximate surface area is 367 Å². The number of rotatable bonds is 20. The van der Waals surface area contributed by atoms with Crippen LogP contribution in [0.2, 0.25) is 0 Å². The maximum Gasteiger partial charge on any atom is 4.00 e. The molecular weight excluding hydrogens is 1020 g/mol. The van der Waals surface area contributed by atoms with Gasteiger partial charge in [0.25, 0.3) is 0 Å². The van der Waals surface area contributed by atoms with Gasteiger partial charge in [0.1, 0.15) is 16.8 Å². The molecule has 0 aliphatic heterocycles. The predicted molar refractivity (Wildman–Crippen MR) is 121 cm³/mol. The van der Waals surface area contributed by atoms with Crippen molar-refractivity contribution in [3.05, 3.63) is 0 Å². The van der Waals surface area contributed by atoms with Crippen LogP contribution >= 0.6 is 0 Å². The molecule has 0 unspecified atom stereocenters. The second-order valence-corrected chi connectivity index (χ2v) is 9.63. The summed E-state index contributed by atoms with van der Waals surface area (Å²) in [6.45, 7) is 0. The number of hydrogen-bond donors (Lipinski definition) is 4. The second-order valence-electron chi connectivity index (χ2n) is 9.63. The van der Waals surface area contributed by atoms with E-state index >= 15 is 0 Å². The summed E-state index contributed by atoms with van der Waals surface area (Å²) in [5.41, 5.74) is -12.1. The van der Waals surface area contributed by atoms with E-state index in [1.54, 1.807) is 0 Å². The molecule has 304 valence electrons. The molecule has 0 aliphatic rings. The van der Waals surface area contributed by atoms with Gasteiger partial charge in [-0.05, 0) is 12.8 Å². The fourth-order valence-electron chi connectivity index (χ4n) is 2.73. The van der Waals surface area contributed by atoms with E-state index in [9.17, 15) is 124 Å². The van der Waals surface area contributed by atoms with Crippen LogP contribution in [-0.2, 0) is 136 Å². The van der Waals surface area contributed by atoms with Crippen LogP contribution in [0.1, 0.15) is 51.4 Å². The normalized spacial score (nSPS) is 10.1. The Hall–Kier alpha value is -3.91. The zero-order valence-corrected chi connectivity index (χ0v) is 35.1. The molecule has 56 heavy (non-hydrogen) atoms. The molecular formula is C24H23NO28Zr3. The van der Waals surface area contributed by atoms with E-state index in [1.807, 2.05) is 0 Å². The minimum absolute atomic E-state index is 0. The molecule has 0 spiro atoms. The summed E-state index contributed by atoms with van der Waals surface area (Å²) in [5.74, 6) is -24.2. The number of quaternary nitrogens is 1. The van der Waals surface area contributed by atoms with Gasteiger partial charge >= 0.3 is 78.6 Å². The fourth-order valence-corrected chi connectivity index (χ4v) is 2.73. The van der Waals surface area contributed by atoms with Gasteiger partial charge in [-0.15, -0.1) is 0 Å². The summed E-state index contributed by atoms with van der Waals surface area (Å²) in [4.78, 5) is 120. The van der Waals surface area contributed by atoms with E-state index in [4.69, 9.17) is 15.3 Å². The van der Waals surface area contributed by atoms with Crippen molar-refractivity contribution in [1.82, 2.24) is 6.15 Å². The average molecular weight is 1050 g/mol. The third kappa shape index (κ3) is 33.4. The Bertz CT molecular complexity index is 1140. The van der Waals surface area contributed by atoms with Gasteiger partial charge in [-0.1, -0.05) is 5.60 Å². The Balaban J connectivity index is -0.0000000893. The van der Waals surface area contributed by atoms with Crippen molar-refractivity contribution in [2.75, 3.05) is 0 Å². The van der Waals surface area contributed by atoms with Crippen LogP contribution in [0.5, 0.6) is 0 Å². The topological polar surface area (TPSA) is 602 Å². The van der Waals surface area contributed by atoms with Gasteiger partial charge in [-0.3, -0.25) is 0 Å². The molecule has 0 rings (SSSR count). The third-order valence-electron chi connectivity index (χ3n) is 4.99. The summed E-state index contributed by atoms with van der Waals surface area (Å²) in [5, 5.41) is 158. The number of hydrogen-bond acceptors (Lipinski definition) is 28. The Morgan fingerprint density at radius 3 is 0.500 bits per heavy atom. The summed E-state index contributed by atoms with van der Waals surface area (Å²) in [6, 6.07) is 0. The number of aliphatic carboxylic acids is 12. The number of carbonyl (C=O) groups excluding carboxylic acids is 12. The van der Waals surface area contributed by atoms with Crippen molar-refractivity contribution in [2.45, 2.75) is 73.8 Å². The fraction of sp³-hybridized carbons (Fsp3) is 0.500. The standard InChI is InChI=1S/3C6H8O7.C6H7O7.H3N.3Zr/c4*7-3(8)1-6(13,5(11)12)2-4(9)10;;;;/h3*13H,1-2H2,(H,7,8)(H,9,10)(H,11,12);1-2H2,(H,7,8)(H,9,10)(H,11,12);1H3;;;/q;;;-1;;3*+4/p-11. The first-order valence-electron chi connectivity index (χ1n) is 12.4. The van der Waals surface area contributed by atoms with Crippen LogP contribution in [0.3, 0.4) is 0 Å². The molecule has 0 saturated heterocycles. The van der Waals surface area contributed by atoms with Crippen molar-refractivity contribution in [3.8, 4) is 0 Å². The molecule has 0 radical (unpaired) electrons. The van der Waals surface area contributed by atoms with E-state index < -0.39 is 145 Å². The quantitative estimate of drug-likeness (QED) is 0.0879. The first-order valence-corrected chi connectivity index (χ1v) is 12.4. The van der Waals surface area contributed by atoms with E-state index in [-0.39, 0.29) is 84.8 Å². The van der Waals surface area contributed by atoms with E-state index in [0.29, 0.717) is 0 Å². The van der Waals surface area contributed by atoms with Crippen molar-refractivity contribution in [3.63, 3.8) is 0 Å². The molecule has 7 N–H and O–H groups in total. The third-order valence-corrected chi connectivity index (χ3v) is 4.99. The maximum absolute atomic E-state index is 10.9. The first-order chi connectivity index (χ1) is 23.1. The van der Waals surface area contributed by atoms with Gasteiger partial charge in [0.15, 0.2) is 0 Å². The van der Waals surface area contributed by atoms with Crippen LogP contribution < -0.4 is 72.5 Å². The van der Waals surface area contributed by atoms with Gasteiger partial charge in [0, 0.05) is 92.2 Å². The SMILES string of the molecule is O=C([O-])CC(O)(CC(=O)[O-])C(=O)[O-].O=C([O-])CC(O)(CC(=O)[O-])C(=O)[O-].O=C([O-])CC(O)(CC(=O)[O-])C(=O)[O-].O=C([O-])CC([O-])(CC(=O)[O-])C(=O)[O-].[NH4+].[Zr+4].[Zr+4].[Zr+4]. The van der Waals surface area contributed by atoms with Crippen LogP contribution in [-0.4, -0.2) is 109 Å². The average Bonchev–Trinajstić information content (AvgIpc) is 2.85. The molecule has 32 heteroatoms. The van der Waals surface area contributed by atoms with Gasteiger partial charge in [-0.2, -0.15) is 0 Å². The zero-order chi connectivity index (χ0) is 42.6. The molecule has 0 aliphatic carbocycles. The molecule has 0 aromatic heterocycles. The van der Waals surface area contributed by atoms with E-state index in [2.05, 4.69) is 0 Å². The second kappa shape index (κ2) is 31.2. The Morgan fingerprint density at radius 2 is 0.429 bits per heavy atom. The van der Waals surface area contributed by atoms with Gasteiger partial charge in [0.2, 0.25) is 0 Å². The number of carboxylic acids is 12. The van der Waals surface area contributed by atoms with Crippen LogP contribution in [0.15, 0.2) is 0 Å². The molecule has 0 bridgehead atoms. The first kappa shape index (κ1) is 69.9. The van der Waals surface area contributed by atoms with E-state index in [1.165, 1.54) is 0 Å². The maximum atomic E-state index is 10.9. The van der Waals surface area contributed by atoms with Gasteiger partial charge in [0.05, 0.1) is 17.9 Å². The van der Waals surface area contributed by atoms with Crippen molar-refractivity contribution in [1.29, 1.82) is 0 Å². The van der Waals surface area contributed by atoms with Crippen molar-refractivity contribution < 1.29 is 218 Å².